The first-order valence-corrected chi connectivity index (χ1v) is 9.26. The third kappa shape index (κ3) is 6.09. The fourth-order valence-corrected chi connectivity index (χ4v) is 2.59. The summed E-state index contributed by atoms with van der Waals surface area (Å²) >= 11 is 0. The number of hydrogen-bond donors (Lipinski definition) is 1. The SMILES string of the molecule is CCOCc1cc(C(=O)OCC(=O)Nc2ccc(C(C)C)cc2)ccc1OC. The number of carbonyl (C=O) groups is 2. The molecule has 0 spiro atoms. The average Bonchev–Trinajstić information content (AvgIpc) is 2.70. The third-order valence-corrected chi connectivity index (χ3v) is 4.17. The minimum absolute atomic E-state index is 0.327. The Balaban J connectivity index is 1.92. The maximum atomic E-state index is 12.3. The van der Waals surface area contributed by atoms with Crippen molar-refractivity contribution in [1.82, 2.24) is 0 Å². The van der Waals surface area contributed by atoms with E-state index in [9.17, 15) is 9.59 Å². The van der Waals surface area contributed by atoms with Gasteiger partial charge in [0.1, 0.15) is 5.75 Å². The van der Waals surface area contributed by atoms with Gasteiger partial charge in [-0.2, -0.15) is 0 Å². The molecule has 0 fully saturated rings. The summed E-state index contributed by atoms with van der Waals surface area (Å²) in [4.78, 5) is 24.3. The van der Waals surface area contributed by atoms with E-state index in [0.29, 0.717) is 36.1 Å². The molecule has 0 aliphatic rings. The van der Waals surface area contributed by atoms with E-state index in [1.54, 1.807) is 25.3 Å². The van der Waals surface area contributed by atoms with Gasteiger partial charge < -0.3 is 19.5 Å². The van der Waals surface area contributed by atoms with Gasteiger partial charge in [-0.05, 0) is 48.7 Å². The van der Waals surface area contributed by atoms with E-state index >= 15 is 0 Å². The maximum absolute atomic E-state index is 12.3. The zero-order chi connectivity index (χ0) is 20.5. The van der Waals surface area contributed by atoms with E-state index < -0.39 is 11.9 Å². The molecule has 2 aromatic carbocycles. The van der Waals surface area contributed by atoms with Gasteiger partial charge in [0.2, 0.25) is 0 Å². The van der Waals surface area contributed by atoms with Crippen LogP contribution in [0.2, 0.25) is 0 Å². The van der Waals surface area contributed by atoms with Crippen molar-refractivity contribution >= 4 is 17.6 Å². The van der Waals surface area contributed by atoms with Crippen LogP contribution >= 0.6 is 0 Å². The summed E-state index contributed by atoms with van der Waals surface area (Å²) in [6.07, 6.45) is 0. The highest BCUT2D eigenvalue weighted by atomic mass is 16.5. The lowest BCUT2D eigenvalue weighted by Crippen LogP contribution is -2.21. The summed E-state index contributed by atoms with van der Waals surface area (Å²) in [6, 6.07) is 12.5. The molecule has 6 heteroatoms. The number of nitrogens with one attached hydrogen (secondary N) is 1. The Morgan fingerprint density at radius 3 is 2.39 bits per heavy atom. The highest BCUT2D eigenvalue weighted by Crippen LogP contribution is 2.21. The molecular weight excluding hydrogens is 358 g/mol. The van der Waals surface area contributed by atoms with Gasteiger partial charge in [0, 0.05) is 17.9 Å². The Labute approximate surface area is 165 Å². The normalized spacial score (nSPS) is 10.6. The summed E-state index contributed by atoms with van der Waals surface area (Å²) in [7, 11) is 1.56. The van der Waals surface area contributed by atoms with Crippen LogP contribution in [0.3, 0.4) is 0 Å². The molecule has 0 saturated carbocycles. The number of ether oxygens (including phenoxy) is 3. The average molecular weight is 385 g/mol. The second-order valence-corrected chi connectivity index (χ2v) is 6.56. The number of benzene rings is 2. The Morgan fingerprint density at radius 1 is 1.07 bits per heavy atom. The van der Waals surface area contributed by atoms with Gasteiger partial charge in [-0.3, -0.25) is 4.79 Å². The van der Waals surface area contributed by atoms with E-state index in [-0.39, 0.29) is 6.61 Å². The smallest absolute Gasteiger partial charge is 0.338 e. The predicted octanol–water partition coefficient (Wildman–Crippen LogP) is 4.15. The van der Waals surface area contributed by atoms with Crippen LogP contribution in [0.25, 0.3) is 0 Å². The lowest BCUT2D eigenvalue weighted by Gasteiger charge is -2.11. The molecule has 0 unspecified atom stereocenters. The first-order chi connectivity index (χ1) is 13.4. The van der Waals surface area contributed by atoms with E-state index in [1.165, 1.54) is 5.56 Å². The first-order valence-electron chi connectivity index (χ1n) is 9.26. The lowest BCUT2D eigenvalue weighted by molar-refractivity contribution is -0.119. The quantitative estimate of drug-likeness (QED) is 0.657. The second kappa shape index (κ2) is 10.5. The van der Waals surface area contributed by atoms with Gasteiger partial charge in [-0.15, -0.1) is 0 Å². The predicted molar refractivity (Wildman–Crippen MR) is 108 cm³/mol. The minimum atomic E-state index is -0.578. The molecule has 0 atom stereocenters. The number of hydrogen-bond acceptors (Lipinski definition) is 5. The molecule has 6 nitrogen and oxygen atoms in total. The van der Waals surface area contributed by atoms with Crippen LogP contribution in [-0.4, -0.2) is 32.2 Å². The molecule has 0 heterocycles. The van der Waals surface area contributed by atoms with Crippen molar-refractivity contribution in [3.8, 4) is 5.75 Å². The van der Waals surface area contributed by atoms with Crippen molar-refractivity contribution in [1.29, 1.82) is 0 Å². The van der Waals surface area contributed by atoms with Gasteiger partial charge in [0.25, 0.3) is 5.91 Å². The van der Waals surface area contributed by atoms with Gasteiger partial charge >= 0.3 is 5.97 Å². The van der Waals surface area contributed by atoms with Gasteiger partial charge in [-0.1, -0.05) is 26.0 Å². The van der Waals surface area contributed by atoms with Crippen molar-refractivity contribution in [3.63, 3.8) is 0 Å². The number of carbonyl (C=O) groups excluding carboxylic acids is 2. The van der Waals surface area contributed by atoms with Crippen LogP contribution in [0.1, 0.15) is 48.2 Å². The molecule has 0 aliphatic heterocycles. The molecule has 2 rings (SSSR count). The maximum Gasteiger partial charge on any atom is 0.338 e. The van der Waals surface area contributed by atoms with Crippen LogP contribution in [0.5, 0.6) is 5.75 Å². The van der Waals surface area contributed by atoms with E-state index in [2.05, 4.69) is 19.2 Å². The van der Waals surface area contributed by atoms with E-state index in [0.717, 1.165) is 5.56 Å². The fraction of sp³-hybridized carbons (Fsp3) is 0.364. The van der Waals surface area contributed by atoms with Crippen molar-refractivity contribution in [2.75, 3.05) is 25.6 Å². The highest BCUT2D eigenvalue weighted by Gasteiger charge is 2.14. The summed E-state index contributed by atoms with van der Waals surface area (Å²) in [5.74, 6) is 0.0785. The van der Waals surface area contributed by atoms with Crippen LogP contribution in [0.15, 0.2) is 42.5 Å². The molecule has 0 radical (unpaired) electrons. The fourth-order valence-electron chi connectivity index (χ4n) is 2.59. The molecule has 0 bridgehead atoms. The largest absolute Gasteiger partial charge is 0.496 e. The van der Waals surface area contributed by atoms with Crippen molar-refractivity contribution < 1.29 is 23.8 Å². The Morgan fingerprint density at radius 2 is 1.79 bits per heavy atom. The minimum Gasteiger partial charge on any atom is -0.496 e. The Bertz CT molecular complexity index is 799. The summed E-state index contributed by atoms with van der Waals surface area (Å²) in [6.45, 7) is 6.61. The number of amides is 1. The van der Waals surface area contributed by atoms with Crippen molar-refractivity contribution in [3.05, 3.63) is 59.2 Å². The molecule has 150 valence electrons. The van der Waals surface area contributed by atoms with Gasteiger partial charge in [0.05, 0.1) is 19.3 Å². The number of esters is 1. The zero-order valence-electron chi connectivity index (χ0n) is 16.8. The molecular formula is C22H27NO5. The summed E-state index contributed by atoms with van der Waals surface area (Å²) in [5, 5.41) is 2.72. The third-order valence-electron chi connectivity index (χ3n) is 4.17. The summed E-state index contributed by atoms with van der Waals surface area (Å²) < 4.78 is 15.8. The van der Waals surface area contributed by atoms with Gasteiger partial charge in [0.15, 0.2) is 6.61 Å². The van der Waals surface area contributed by atoms with Crippen molar-refractivity contribution in [2.24, 2.45) is 0 Å². The molecule has 0 aliphatic carbocycles. The van der Waals surface area contributed by atoms with Crippen molar-refractivity contribution in [2.45, 2.75) is 33.3 Å². The van der Waals surface area contributed by atoms with Crippen LogP contribution in [0, 0.1) is 0 Å². The Hall–Kier alpha value is -2.86. The Kier molecular flexibility index (Phi) is 8.02. The van der Waals surface area contributed by atoms with E-state index in [1.807, 2.05) is 31.2 Å². The van der Waals surface area contributed by atoms with Crippen LogP contribution < -0.4 is 10.1 Å². The lowest BCUT2D eigenvalue weighted by atomic mass is 10.0. The van der Waals surface area contributed by atoms with Crippen LogP contribution in [-0.2, 0) is 20.9 Å². The topological polar surface area (TPSA) is 73.9 Å². The second-order valence-electron chi connectivity index (χ2n) is 6.56. The molecule has 1 N–H and O–H groups in total. The standard InChI is InChI=1S/C22H27NO5/c1-5-27-13-18-12-17(8-11-20(18)26-4)22(25)28-14-21(24)23-19-9-6-16(7-10-19)15(2)3/h6-12,15H,5,13-14H2,1-4H3,(H,23,24). The highest BCUT2D eigenvalue weighted by molar-refractivity contribution is 5.95. The molecule has 1 amide bonds. The number of rotatable bonds is 9. The number of methoxy groups -OCH3 is 1. The number of anilines is 1. The molecule has 28 heavy (non-hydrogen) atoms. The van der Waals surface area contributed by atoms with E-state index in [4.69, 9.17) is 14.2 Å². The first kappa shape index (κ1) is 21.4. The molecule has 0 saturated heterocycles. The molecule has 2 aromatic rings. The summed E-state index contributed by atoms with van der Waals surface area (Å²) in [5.41, 5.74) is 2.93. The van der Waals surface area contributed by atoms with Crippen LogP contribution in [0.4, 0.5) is 5.69 Å². The molecule has 0 aromatic heterocycles. The monoisotopic (exact) mass is 385 g/mol. The van der Waals surface area contributed by atoms with Gasteiger partial charge in [-0.25, -0.2) is 4.79 Å². The zero-order valence-corrected chi connectivity index (χ0v) is 16.8.